The molecule has 0 bridgehead atoms. The predicted octanol–water partition coefficient (Wildman–Crippen LogP) is 2.72. The maximum Gasteiger partial charge on any atom is 0.243 e. The molecular weight excluding hydrogens is 212 g/mol. The lowest BCUT2D eigenvalue weighted by atomic mass is 9.68. The summed E-state index contributed by atoms with van der Waals surface area (Å²) in [7, 11) is 1.90. The van der Waals surface area contributed by atoms with Gasteiger partial charge in [0.05, 0.1) is 6.07 Å². The van der Waals surface area contributed by atoms with Gasteiger partial charge < -0.3 is 4.90 Å². The summed E-state index contributed by atoms with van der Waals surface area (Å²) < 4.78 is 0. The second kappa shape index (κ2) is 4.68. The van der Waals surface area contributed by atoms with E-state index in [1.165, 1.54) is 19.3 Å². The van der Waals surface area contributed by atoms with Gasteiger partial charge in [0.2, 0.25) is 5.91 Å². The molecule has 2 atom stereocenters. The third-order valence-corrected chi connectivity index (χ3v) is 4.71. The quantitative estimate of drug-likeness (QED) is 0.737. The summed E-state index contributed by atoms with van der Waals surface area (Å²) in [6.07, 6.45) is 7.34. The van der Waals surface area contributed by atoms with Gasteiger partial charge in [0.25, 0.3) is 0 Å². The van der Waals surface area contributed by atoms with Gasteiger partial charge in [-0.25, -0.2) is 0 Å². The average molecular weight is 234 g/mol. The summed E-state index contributed by atoms with van der Waals surface area (Å²) in [6, 6.07) is 2.61. The normalized spacial score (nSPS) is 31.1. The maximum absolute atomic E-state index is 12.4. The van der Waals surface area contributed by atoms with Crippen molar-refractivity contribution in [1.29, 1.82) is 5.26 Å². The third kappa shape index (κ3) is 2.06. The van der Waals surface area contributed by atoms with Gasteiger partial charge in [-0.15, -0.1) is 0 Å². The monoisotopic (exact) mass is 234 g/mol. The van der Waals surface area contributed by atoms with Crippen LogP contribution in [0, 0.1) is 22.7 Å². The Kier molecular flexibility index (Phi) is 3.42. The number of nitriles is 1. The SMILES string of the molecule is CC1CCCCC1N(C)C(=O)C1(C#N)CCC1. The molecule has 0 radical (unpaired) electrons. The molecule has 2 aliphatic carbocycles. The molecule has 0 heterocycles. The van der Waals surface area contributed by atoms with Gasteiger partial charge in [0.15, 0.2) is 0 Å². The molecule has 17 heavy (non-hydrogen) atoms. The Morgan fingerprint density at radius 1 is 1.29 bits per heavy atom. The van der Waals surface area contributed by atoms with E-state index in [0.29, 0.717) is 12.0 Å². The molecule has 2 saturated carbocycles. The van der Waals surface area contributed by atoms with Gasteiger partial charge in [-0.2, -0.15) is 5.26 Å². The zero-order chi connectivity index (χ0) is 12.5. The molecule has 0 spiro atoms. The van der Waals surface area contributed by atoms with Crippen LogP contribution in [-0.2, 0) is 4.79 Å². The van der Waals surface area contributed by atoms with Crippen molar-refractivity contribution in [2.45, 2.75) is 57.9 Å². The molecule has 1 amide bonds. The fraction of sp³-hybridized carbons (Fsp3) is 0.857. The van der Waals surface area contributed by atoms with Crippen molar-refractivity contribution in [3.63, 3.8) is 0 Å². The van der Waals surface area contributed by atoms with E-state index < -0.39 is 5.41 Å². The highest BCUT2D eigenvalue weighted by molar-refractivity contribution is 5.86. The van der Waals surface area contributed by atoms with Crippen LogP contribution in [0.4, 0.5) is 0 Å². The number of amides is 1. The van der Waals surface area contributed by atoms with Crippen LogP contribution >= 0.6 is 0 Å². The first kappa shape index (κ1) is 12.4. The Hall–Kier alpha value is -1.04. The minimum atomic E-state index is -0.675. The van der Waals surface area contributed by atoms with Crippen molar-refractivity contribution in [1.82, 2.24) is 4.90 Å². The van der Waals surface area contributed by atoms with Crippen molar-refractivity contribution in [2.24, 2.45) is 11.3 Å². The number of rotatable bonds is 2. The summed E-state index contributed by atoms with van der Waals surface area (Å²) in [6.45, 7) is 2.23. The van der Waals surface area contributed by atoms with Crippen LogP contribution in [-0.4, -0.2) is 23.9 Å². The van der Waals surface area contributed by atoms with Gasteiger partial charge in [0, 0.05) is 13.1 Å². The van der Waals surface area contributed by atoms with E-state index in [1.807, 2.05) is 11.9 Å². The van der Waals surface area contributed by atoms with Crippen molar-refractivity contribution in [3.05, 3.63) is 0 Å². The first-order valence-electron chi connectivity index (χ1n) is 6.79. The van der Waals surface area contributed by atoms with Gasteiger partial charge in [0.1, 0.15) is 5.41 Å². The zero-order valence-electron chi connectivity index (χ0n) is 10.9. The largest absolute Gasteiger partial charge is 0.341 e. The molecule has 2 aliphatic rings. The van der Waals surface area contributed by atoms with Gasteiger partial charge in [-0.05, 0) is 38.0 Å². The second-order valence-corrected chi connectivity index (χ2v) is 5.79. The number of carbonyl (C=O) groups excluding carboxylic acids is 1. The molecule has 0 aromatic heterocycles. The topological polar surface area (TPSA) is 44.1 Å². The highest BCUT2D eigenvalue weighted by Crippen LogP contribution is 2.43. The highest BCUT2D eigenvalue weighted by Gasteiger charge is 2.47. The predicted molar refractivity (Wildman–Crippen MR) is 66.1 cm³/mol. The number of hydrogen-bond acceptors (Lipinski definition) is 2. The van der Waals surface area contributed by atoms with Gasteiger partial charge >= 0.3 is 0 Å². The molecule has 2 rings (SSSR count). The standard InChI is InChI=1S/C14H22N2O/c1-11-6-3-4-7-12(11)16(2)13(17)14(10-15)8-5-9-14/h11-12H,3-9H2,1-2H3. The molecule has 2 unspecified atom stereocenters. The van der Waals surface area contributed by atoms with Crippen LogP contribution < -0.4 is 0 Å². The lowest BCUT2D eigenvalue weighted by Gasteiger charge is -2.42. The van der Waals surface area contributed by atoms with E-state index in [4.69, 9.17) is 0 Å². The number of hydrogen-bond donors (Lipinski definition) is 0. The van der Waals surface area contributed by atoms with Crippen LogP contribution in [0.5, 0.6) is 0 Å². The second-order valence-electron chi connectivity index (χ2n) is 5.79. The van der Waals surface area contributed by atoms with Crippen molar-refractivity contribution in [2.75, 3.05) is 7.05 Å². The smallest absolute Gasteiger partial charge is 0.243 e. The third-order valence-electron chi connectivity index (χ3n) is 4.71. The number of carbonyl (C=O) groups is 1. The maximum atomic E-state index is 12.4. The van der Waals surface area contributed by atoms with Crippen LogP contribution in [0.1, 0.15) is 51.9 Å². The van der Waals surface area contributed by atoms with E-state index in [2.05, 4.69) is 13.0 Å². The summed E-state index contributed by atoms with van der Waals surface area (Å²) in [5, 5.41) is 9.22. The Morgan fingerprint density at radius 3 is 2.41 bits per heavy atom. The summed E-state index contributed by atoms with van der Waals surface area (Å²) in [5.41, 5.74) is -0.675. The molecule has 0 N–H and O–H groups in total. The van der Waals surface area contributed by atoms with Crippen LogP contribution in [0.2, 0.25) is 0 Å². The zero-order valence-corrected chi connectivity index (χ0v) is 10.9. The van der Waals surface area contributed by atoms with E-state index in [1.54, 1.807) is 0 Å². The van der Waals surface area contributed by atoms with Gasteiger partial charge in [-0.1, -0.05) is 19.8 Å². The Labute approximate surface area is 104 Å². The first-order chi connectivity index (χ1) is 8.10. The fourth-order valence-corrected chi connectivity index (χ4v) is 3.26. The molecule has 0 aromatic rings. The van der Waals surface area contributed by atoms with Crippen LogP contribution in [0.3, 0.4) is 0 Å². The lowest BCUT2D eigenvalue weighted by Crippen LogP contribution is -2.51. The molecule has 3 heteroatoms. The Bertz CT molecular complexity index is 341. The molecule has 94 valence electrons. The molecule has 0 aromatic carbocycles. The van der Waals surface area contributed by atoms with Gasteiger partial charge in [-0.3, -0.25) is 4.79 Å². The molecule has 0 saturated heterocycles. The van der Waals surface area contributed by atoms with Crippen LogP contribution in [0.15, 0.2) is 0 Å². The molecule has 3 nitrogen and oxygen atoms in total. The minimum absolute atomic E-state index is 0.0741. The first-order valence-corrected chi connectivity index (χ1v) is 6.79. The van der Waals surface area contributed by atoms with Crippen molar-refractivity contribution >= 4 is 5.91 Å². The highest BCUT2D eigenvalue weighted by atomic mass is 16.2. The average Bonchev–Trinajstić information content (AvgIpc) is 2.28. The van der Waals surface area contributed by atoms with E-state index in [0.717, 1.165) is 25.7 Å². The lowest BCUT2D eigenvalue weighted by molar-refractivity contribution is -0.145. The van der Waals surface area contributed by atoms with E-state index >= 15 is 0 Å². The minimum Gasteiger partial charge on any atom is -0.341 e. The molecule has 2 fully saturated rings. The summed E-state index contributed by atoms with van der Waals surface area (Å²) in [4.78, 5) is 14.3. The van der Waals surface area contributed by atoms with Crippen LogP contribution in [0.25, 0.3) is 0 Å². The molecule has 0 aliphatic heterocycles. The Balaban J connectivity index is 2.06. The molecular formula is C14H22N2O. The Morgan fingerprint density at radius 2 is 1.94 bits per heavy atom. The van der Waals surface area contributed by atoms with E-state index in [-0.39, 0.29) is 5.91 Å². The van der Waals surface area contributed by atoms with Crippen molar-refractivity contribution in [3.8, 4) is 6.07 Å². The van der Waals surface area contributed by atoms with Crippen molar-refractivity contribution < 1.29 is 4.79 Å². The summed E-state index contributed by atoms with van der Waals surface area (Å²) in [5.74, 6) is 0.651. The van der Waals surface area contributed by atoms with E-state index in [9.17, 15) is 10.1 Å². The fourth-order valence-electron chi connectivity index (χ4n) is 3.26. The number of nitrogens with zero attached hydrogens (tertiary/aromatic N) is 2. The summed E-state index contributed by atoms with van der Waals surface area (Å²) >= 11 is 0.